The van der Waals surface area contributed by atoms with Crippen molar-refractivity contribution in [3.63, 3.8) is 0 Å². The molecule has 0 saturated carbocycles. The van der Waals surface area contributed by atoms with Gasteiger partial charge in [0.05, 0.1) is 35.2 Å². The lowest BCUT2D eigenvalue weighted by atomic mass is 9.95. The van der Waals surface area contributed by atoms with Crippen LogP contribution in [0.15, 0.2) is 96.1 Å². The van der Waals surface area contributed by atoms with E-state index in [4.69, 9.17) is 22.0 Å². The van der Waals surface area contributed by atoms with E-state index in [1.807, 2.05) is 61.7 Å². The van der Waals surface area contributed by atoms with Crippen LogP contribution in [-0.4, -0.2) is 38.7 Å². The lowest BCUT2D eigenvalue weighted by molar-refractivity contribution is -0.123. The van der Waals surface area contributed by atoms with Gasteiger partial charge in [0.1, 0.15) is 0 Å². The minimum Gasteiger partial charge on any atom is -0.386 e. The molecule has 2 atom stereocenters. The predicted octanol–water partition coefficient (Wildman–Crippen LogP) is 6.24. The van der Waals surface area contributed by atoms with Gasteiger partial charge in [-0.05, 0) is 65.8 Å². The van der Waals surface area contributed by atoms with Crippen LogP contribution in [0.4, 0.5) is 0 Å². The van der Waals surface area contributed by atoms with Crippen molar-refractivity contribution in [1.82, 2.24) is 30.2 Å². The number of rotatable bonds is 5. The first-order valence-corrected chi connectivity index (χ1v) is 15.2. The van der Waals surface area contributed by atoms with Crippen molar-refractivity contribution in [2.24, 2.45) is 5.92 Å². The zero-order chi connectivity index (χ0) is 31.5. The van der Waals surface area contributed by atoms with Crippen molar-refractivity contribution in [2.45, 2.75) is 32.2 Å². The van der Waals surface area contributed by atoms with Crippen LogP contribution in [0.25, 0.3) is 38.9 Å². The number of carbonyl (C=O) groups excluding carboxylic acids is 1. The number of allylic oxidation sites excluding steroid dienone is 1. The van der Waals surface area contributed by atoms with Crippen LogP contribution in [0.2, 0.25) is 5.02 Å². The zero-order valence-corrected chi connectivity index (χ0v) is 25.7. The number of aromatic nitrogens is 4. The highest BCUT2D eigenvalue weighted by molar-refractivity contribution is 6.31. The van der Waals surface area contributed by atoms with Crippen LogP contribution in [-0.2, 0) is 4.79 Å². The smallest absolute Gasteiger partial charge is 0.254 e. The van der Waals surface area contributed by atoms with Gasteiger partial charge in [-0.2, -0.15) is 0 Å². The van der Waals surface area contributed by atoms with Gasteiger partial charge in [-0.15, -0.1) is 0 Å². The zero-order valence-electron chi connectivity index (χ0n) is 24.9. The number of fused-ring (bicyclic) bond motifs is 3. The molecule has 10 heteroatoms. The Morgan fingerprint density at radius 3 is 2.62 bits per heavy atom. The quantitative estimate of drug-likeness (QED) is 0.201. The lowest BCUT2D eigenvalue weighted by Gasteiger charge is -2.23. The average Bonchev–Trinajstić information content (AvgIpc) is 3.06. The van der Waals surface area contributed by atoms with Gasteiger partial charge in [0, 0.05) is 65.4 Å². The lowest BCUT2D eigenvalue weighted by Crippen LogP contribution is -2.32. The summed E-state index contributed by atoms with van der Waals surface area (Å²) in [6.07, 6.45) is 9.84. The van der Waals surface area contributed by atoms with Crippen LogP contribution >= 0.6 is 11.6 Å². The number of halogens is 1. The Labute approximate surface area is 265 Å². The molecule has 5 aromatic rings. The summed E-state index contributed by atoms with van der Waals surface area (Å²) < 4.78 is 1.61. The Kier molecular flexibility index (Phi) is 8.53. The van der Waals surface area contributed by atoms with Gasteiger partial charge in [0.15, 0.2) is 0 Å². The molecule has 1 aliphatic heterocycles. The molecule has 2 unspecified atom stereocenters. The third-order valence-corrected chi connectivity index (χ3v) is 8.51. The van der Waals surface area contributed by atoms with E-state index in [2.05, 4.69) is 26.7 Å². The molecule has 3 aromatic heterocycles. The fourth-order valence-electron chi connectivity index (χ4n) is 5.85. The van der Waals surface area contributed by atoms with E-state index in [0.29, 0.717) is 47.1 Å². The molecule has 9 nitrogen and oxygen atoms in total. The second kappa shape index (κ2) is 12.8. The van der Waals surface area contributed by atoms with Crippen LogP contribution in [0.5, 0.6) is 0 Å². The van der Waals surface area contributed by atoms with Gasteiger partial charge in [0.2, 0.25) is 5.91 Å². The second-order valence-electron chi connectivity index (χ2n) is 11.1. The molecule has 0 aliphatic carbocycles. The molecule has 3 N–H and O–H groups in total. The molecular formula is C35H32ClN7O2. The highest BCUT2D eigenvalue weighted by Gasteiger charge is 2.23. The number of hydrogen-bond donors (Lipinski definition) is 3. The number of carbonyl (C=O) groups is 1. The number of amides is 1. The van der Waals surface area contributed by atoms with E-state index in [1.54, 1.807) is 36.4 Å². The van der Waals surface area contributed by atoms with Crippen molar-refractivity contribution in [3.8, 4) is 22.4 Å². The Morgan fingerprint density at radius 1 is 0.956 bits per heavy atom. The van der Waals surface area contributed by atoms with E-state index in [1.165, 1.54) is 0 Å². The van der Waals surface area contributed by atoms with Gasteiger partial charge in [0.25, 0.3) is 5.56 Å². The minimum atomic E-state index is -0.415. The Morgan fingerprint density at radius 2 is 1.82 bits per heavy atom. The van der Waals surface area contributed by atoms with Crippen LogP contribution < -0.4 is 16.2 Å². The number of pyridine rings is 2. The predicted molar refractivity (Wildman–Crippen MR) is 178 cm³/mol. The Bertz CT molecular complexity index is 2020. The maximum absolute atomic E-state index is 13.9. The topological polar surface area (TPSA) is 126 Å². The van der Waals surface area contributed by atoms with E-state index < -0.39 is 6.04 Å². The number of hydrogen-bond acceptors (Lipinski definition) is 7. The van der Waals surface area contributed by atoms with Gasteiger partial charge in [-0.3, -0.25) is 24.1 Å². The van der Waals surface area contributed by atoms with Crippen LogP contribution in [0.1, 0.15) is 43.5 Å². The maximum atomic E-state index is 13.9. The molecule has 45 heavy (non-hydrogen) atoms. The summed E-state index contributed by atoms with van der Waals surface area (Å²) in [7, 11) is 1.74. The van der Waals surface area contributed by atoms with Crippen molar-refractivity contribution in [3.05, 3.63) is 118 Å². The summed E-state index contributed by atoms with van der Waals surface area (Å²) in [6.45, 7) is 1.87. The summed E-state index contributed by atoms with van der Waals surface area (Å²) in [5.74, 6) is -0.440. The molecule has 2 bridgehead atoms. The summed E-state index contributed by atoms with van der Waals surface area (Å²) in [4.78, 5) is 40.5. The molecule has 1 aliphatic rings. The number of nitrogens with zero attached hydrogens (tertiary/aromatic N) is 4. The van der Waals surface area contributed by atoms with Gasteiger partial charge >= 0.3 is 0 Å². The first-order valence-electron chi connectivity index (χ1n) is 14.8. The number of benzene rings is 2. The van der Waals surface area contributed by atoms with Gasteiger partial charge < -0.3 is 16.0 Å². The summed E-state index contributed by atoms with van der Waals surface area (Å²) in [5, 5.41) is 16.6. The molecule has 4 heterocycles. The molecule has 0 fully saturated rings. The Hall–Kier alpha value is -5.15. The van der Waals surface area contributed by atoms with Crippen LogP contribution in [0, 0.1) is 11.3 Å². The standard InChI is InChI=1S/C35H32ClN7O2/c1-21-4-3-5-32(30-15-24(11-13-40-30)34(38-2)31(18-37)42-35(21)45)43-20-41-29(17-33(43)44)28-16-26(36)8-9-27(28)23-7-6-22-10-12-39-19-25(22)14-23/h6-21,32,37-38H,3-5H2,1-2H3,(H,42,45)/b34-31+,37-18?. The summed E-state index contributed by atoms with van der Waals surface area (Å²) in [5.41, 5.74) is 5.28. The molecule has 6 rings (SSSR count). The average molecular weight is 618 g/mol. The monoisotopic (exact) mass is 617 g/mol. The van der Waals surface area contributed by atoms with E-state index in [0.717, 1.165) is 39.2 Å². The van der Waals surface area contributed by atoms with Crippen molar-refractivity contribution in [2.75, 3.05) is 7.05 Å². The highest BCUT2D eigenvalue weighted by Crippen LogP contribution is 2.35. The maximum Gasteiger partial charge on any atom is 0.254 e. The molecule has 0 spiro atoms. The SMILES string of the molecule is CN/C1=C(\C=N)NC(=O)C(C)CCCC(n2cnc(-c3cc(Cl)ccc3-c3ccc4ccncc4c3)cc2=O)c2cc1ccn2. The van der Waals surface area contributed by atoms with E-state index in [9.17, 15) is 9.59 Å². The van der Waals surface area contributed by atoms with Crippen molar-refractivity contribution < 1.29 is 4.79 Å². The summed E-state index contributed by atoms with van der Waals surface area (Å²) in [6, 6.07) is 18.6. The van der Waals surface area contributed by atoms with Gasteiger partial charge in [-0.1, -0.05) is 43.1 Å². The van der Waals surface area contributed by atoms with Crippen molar-refractivity contribution in [1.29, 1.82) is 5.41 Å². The second-order valence-corrected chi connectivity index (χ2v) is 11.6. The highest BCUT2D eigenvalue weighted by atomic mass is 35.5. The number of nitrogens with one attached hydrogen (secondary N) is 3. The summed E-state index contributed by atoms with van der Waals surface area (Å²) >= 11 is 6.45. The minimum absolute atomic E-state index is 0.157. The third-order valence-electron chi connectivity index (χ3n) is 8.28. The first kappa shape index (κ1) is 29.9. The van der Waals surface area contributed by atoms with E-state index in [-0.39, 0.29) is 17.4 Å². The largest absolute Gasteiger partial charge is 0.386 e. The first-order chi connectivity index (χ1) is 21.9. The normalized spacial score (nSPS) is 18.9. The third kappa shape index (κ3) is 6.12. The molecule has 226 valence electrons. The fraction of sp³-hybridized carbons (Fsp3) is 0.200. The van der Waals surface area contributed by atoms with Crippen molar-refractivity contribution >= 4 is 40.2 Å². The fourth-order valence-corrected chi connectivity index (χ4v) is 6.02. The van der Waals surface area contributed by atoms with E-state index >= 15 is 0 Å². The van der Waals surface area contributed by atoms with Gasteiger partial charge in [-0.25, -0.2) is 4.98 Å². The molecule has 2 aromatic carbocycles. The molecule has 0 saturated heterocycles. The molecule has 1 amide bonds. The van der Waals surface area contributed by atoms with Crippen LogP contribution in [0.3, 0.4) is 0 Å². The molecular weight excluding hydrogens is 586 g/mol. The molecule has 0 radical (unpaired) electrons. The Balaban J connectivity index is 1.43.